The third-order valence-electron chi connectivity index (χ3n) is 4.47. The Balaban J connectivity index is 1.51. The van der Waals surface area contributed by atoms with Crippen LogP contribution in [0.3, 0.4) is 0 Å². The lowest BCUT2D eigenvalue weighted by atomic mass is 9.84. The topological polar surface area (TPSA) is 58.4 Å². The van der Waals surface area contributed by atoms with E-state index in [9.17, 15) is 4.79 Å². The van der Waals surface area contributed by atoms with Crippen LogP contribution in [0.1, 0.15) is 51.4 Å². The first-order chi connectivity index (χ1) is 9.24. The zero-order chi connectivity index (χ0) is 13.5. The summed E-state index contributed by atoms with van der Waals surface area (Å²) >= 11 is 0. The lowest BCUT2D eigenvalue weighted by Gasteiger charge is -2.26. The van der Waals surface area contributed by atoms with Gasteiger partial charge in [0.2, 0.25) is 5.91 Å². The second kappa shape index (κ2) is 7.85. The monoisotopic (exact) mass is 267 g/mol. The van der Waals surface area contributed by atoms with Gasteiger partial charge in [0.25, 0.3) is 0 Å². The van der Waals surface area contributed by atoms with Crippen molar-refractivity contribution in [3.8, 4) is 0 Å². The highest BCUT2D eigenvalue weighted by atomic mass is 16.1. The fourth-order valence-electron chi connectivity index (χ4n) is 3.39. The van der Waals surface area contributed by atoms with Gasteiger partial charge in [-0.05, 0) is 64.1 Å². The molecule has 3 N–H and O–H groups in total. The van der Waals surface area contributed by atoms with Crippen LogP contribution in [-0.4, -0.2) is 43.0 Å². The van der Waals surface area contributed by atoms with E-state index in [-0.39, 0.29) is 5.91 Å². The van der Waals surface area contributed by atoms with Crippen molar-refractivity contribution >= 4 is 5.91 Å². The van der Waals surface area contributed by atoms with Crippen molar-refractivity contribution in [2.45, 2.75) is 57.4 Å². The average molecular weight is 267 g/mol. The van der Waals surface area contributed by atoms with Crippen LogP contribution in [0.15, 0.2) is 0 Å². The molecule has 1 aliphatic carbocycles. The SMILES string of the molecule is NC1CCCC(CC(=O)NCCCN2CCCC2)C1. The number of likely N-dealkylation sites (tertiary alicyclic amines) is 1. The predicted octanol–water partition coefficient (Wildman–Crippen LogP) is 1.50. The third kappa shape index (κ3) is 5.49. The molecule has 4 heteroatoms. The summed E-state index contributed by atoms with van der Waals surface area (Å²) < 4.78 is 0. The molecule has 1 aliphatic heterocycles. The van der Waals surface area contributed by atoms with Gasteiger partial charge in [-0.1, -0.05) is 6.42 Å². The van der Waals surface area contributed by atoms with Gasteiger partial charge in [-0.15, -0.1) is 0 Å². The number of nitrogens with two attached hydrogens (primary N) is 1. The molecule has 0 bridgehead atoms. The smallest absolute Gasteiger partial charge is 0.220 e. The zero-order valence-corrected chi connectivity index (χ0v) is 12.1. The summed E-state index contributed by atoms with van der Waals surface area (Å²) in [5.41, 5.74) is 5.96. The Morgan fingerprint density at radius 3 is 2.74 bits per heavy atom. The number of hydrogen-bond acceptors (Lipinski definition) is 3. The van der Waals surface area contributed by atoms with Gasteiger partial charge < -0.3 is 16.0 Å². The molecule has 0 aromatic carbocycles. The quantitative estimate of drug-likeness (QED) is 0.717. The summed E-state index contributed by atoms with van der Waals surface area (Å²) in [6.45, 7) is 4.45. The predicted molar refractivity (Wildman–Crippen MR) is 77.9 cm³/mol. The molecule has 1 saturated carbocycles. The number of rotatable bonds is 6. The van der Waals surface area contributed by atoms with Gasteiger partial charge in [-0.2, -0.15) is 0 Å². The van der Waals surface area contributed by atoms with Gasteiger partial charge in [0.1, 0.15) is 0 Å². The van der Waals surface area contributed by atoms with Crippen LogP contribution in [0, 0.1) is 5.92 Å². The van der Waals surface area contributed by atoms with E-state index in [1.165, 1.54) is 38.8 Å². The van der Waals surface area contributed by atoms with Crippen LogP contribution >= 0.6 is 0 Å². The second-order valence-electron chi connectivity index (χ2n) is 6.25. The van der Waals surface area contributed by atoms with Crippen molar-refractivity contribution in [1.82, 2.24) is 10.2 Å². The molecule has 0 aromatic heterocycles. The minimum atomic E-state index is 0.223. The third-order valence-corrected chi connectivity index (χ3v) is 4.47. The molecule has 2 unspecified atom stereocenters. The van der Waals surface area contributed by atoms with Crippen molar-refractivity contribution in [2.75, 3.05) is 26.2 Å². The maximum atomic E-state index is 11.8. The van der Waals surface area contributed by atoms with E-state index < -0.39 is 0 Å². The zero-order valence-electron chi connectivity index (χ0n) is 12.1. The first-order valence-corrected chi connectivity index (χ1v) is 7.98. The maximum absolute atomic E-state index is 11.8. The molecule has 1 heterocycles. The molecule has 0 spiro atoms. The molecule has 2 atom stereocenters. The molecule has 1 saturated heterocycles. The second-order valence-corrected chi connectivity index (χ2v) is 6.25. The highest BCUT2D eigenvalue weighted by Crippen LogP contribution is 2.25. The fraction of sp³-hybridized carbons (Fsp3) is 0.933. The van der Waals surface area contributed by atoms with Crippen molar-refractivity contribution in [3.05, 3.63) is 0 Å². The van der Waals surface area contributed by atoms with E-state index in [1.807, 2.05) is 0 Å². The first-order valence-electron chi connectivity index (χ1n) is 7.98. The highest BCUT2D eigenvalue weighted by Gasteiger charge is 2.21. The molecule has 0 radical (unpaired) electrons. The van der Waals surface area contributed by atoms with Gasteiger partial charge in [-0.3, -0.25) is 4.79 Å². The molecule has 2 rings (SSSR count). The molecule has 0 aromatic rings. The van der Waals surface area contributed by atoms with Crippen LogP contribution in [0.2, 0.25) is 0 Å². The summed E-state index contributed by atoms with van der Waals surface area (Å²) in [7, 11) is 0. The first kappa shape index (κ1) is 14.8. The van der Waals surface area contributed by atoms with E-state index in [2.05, 4.69) is 10.2 Å². The lowest BCUT2D eigenvalue weighted by Crippen LogP contribution is -2.33. The molecule has 2 fully saturated rings. The van der Waals surface area contributed by atoms with Crippen molar-refractivity contribution in [1.29, 1.82) is 0 Å². The van der Waals surface area contributed by atoms with E-state index in [0.717, 1.165) is 32.4 Å². The number of nitrogens with one attached hydrogen (secondary N) is 1. The Kier molecular flexibility index (Phi) is 6.11. The van der Waals surface area contributed by atoms with Gasteiger partial charge >= 0.3 is 0 Å². The maximum Gasteiger partial charge on any atom is 0.220 e. The molecular formula is C15H29N3O. The van der Waals surface area contributed by atoms with Gasteiger partial charge in [0.15, 0.2) is 0 Å². The summed E-state index contributed by atoms with van der Waals surface area (Å²) in [4.78, 5) is 14.3. The molecular weight excluding hydrogens is 238 g/mol. The summed E-state index contributed by atoms with van der Waals surface area (Å²) in [5.74, 6) is 0.739. The van der Waals surface area contributed by atoms with Crippen LogP contribution < -0.4 is 11.1 Å². The molecule has 4 nitrogen and oxygen atoms in total. The van der Waals surface area contributed by atoms with E-state index in [4.69, 9.17) is 5.73 Å². The summed E-state index contributed by atoms with van der Waals surface area (Å²) in [6.07, 6.45) is 8.97. The molecule has 110 valence electrons. The van der Waals surface area contributed by atoms with Crippen LogP contribution in [0.25, 0.3) is 0 Å². The van der Waals surface area contributed by atoms with Gasteiger partial charge in [-0.25, -0.2) is 0 Å². The van der Waals surface area contributed by atoms with E-state index >= 15 is 0 Å². The summed E-state index contributed by atoms with van der Waals surface area (Å²) in [6, 6.07) is 0.321. The van der Waals surface area contributed by atoms with Crippen LogP contribution in [-0.2, 0) is 4.79 Å². The number of hydrogen-bond donors (Lipinski definition) is 2. The molecule has 19 heavy (non-hydrogen) atoms. The largest absolute Gasteiger partial charge is 0.356 e. The van der Waals surface area contributed by atoms with Crippen LogP contribution in [0.5, 0.6) is 0 Å². The minimum absolute atomic E-state index is 0.223. The number of nitrogens with zero attached hydrogens (tertiary/aromatic N) is 1. The molecule has 1 amide bonds. The van der Waals surface area contributed by atoms with Crippen molar-refractivity contribution < 1.29 is 4.79 Å². The number of carbonyl (C=O) groups is 1. The van der Waals surface area contributed by atoms with E-state index in [0.29, 0.717) is 18.4 Å². The molecule has 2 aliphatic rings. The van der Waals surface area contributed by atoms with E-state index in [1.54, 1.807) is 0 Å². The average Bonchev–Trinajstić information content (AvgIpc) is 2.88. The Bertz CT molecular complexity index is 277. The normalized spacial score (nSPS) is 28.5. The highest BCUT2D eigenvalue weighted by molar-refractivity contribution is 5.76. The number of amides is 1. The fourth-order valence-corrected chi connectivity index (χ4v) is 3.39. The van der Waals surface area contributed by atoms with Gasteiger partial charge in [0, 0.05) is 19.0 Å². The van der Waals surface area contributed by atoms with Crippen molar-refractivity contribution in [2.24, 2.45) is 11.7 Å². The Hall–Kier alpha value is -0.610. The van der Waals surface area contributed by atoms with Gasteiger partial charge in [0.05, 0.1) is 0 Å². The lowest BCUT2D eigenvalue weighted by molar-refractivity contribution is -0.122. The van der Waals surface area contributed by atoms with Crippen LogP contribution in [0.4, 0.5) is 0 Å². The standard InChI is InChI=1S/C15H29N3O/c16-14-6-3-5-13(11-14)12-15(19)17-7-4-10-18-8-1-2-9-18/h13-14H,1-12,16H2,(H,17,19). The Morgan fingerprint density at radius 2 is 2.00 bits per heavy atom. The van der Waals surface area contributed by atoms with Crippen molar-refractivity contribution in [3.63, 3.8) is 0 Å². The Labute approximate surface area is 117 Å². The number of carbonyl (C=O) groups excluding carboxylic acids is 1. The minimum Gasteiger partial charge on any atom is -0.356 e. The summed E-state index contributed by atoms with van der Waals surface area (Å²) in [5, 5.41) is 3.06. The Morgan fingerprint density at radius 1 is 1.21 bits per heavy atom.